The van der Waals surface area contributed by atoms with Crippen molar-refractivity contribution in [1.82, 2.24) is 5.32 Å². The molecule has 0 aromatic heterocycles. The number of halogens is 1. The van der Waals surface area contributed by atoms with Crippen LogP contribution in [0.3, 0.4) is 0 Å². The molecule has 1 aromatic carbocycles. The quantitative estimate of drug-likeness (QED) is 0.290. The fraction of sp³-hybridized carbons (Fsp3) is 0.579. The Morgan fingerprint density at radius 1 is 1.29 bits per heavy atom. The zero-order valence-corrected chi connectivity index (χ0v) is 19.6. The fourth-order valence-electron chi connectivity index (χ4n) is 3.62. The van der Waals surface area contributed by atoms with E-state index in [0.29, 0.717) is 10.9 Å². The van der Waals surface area contributed by atoms with Crippen LogP contribution in [0.4, 0.5) is 0 Å². The van der Waals surface area contributed by atoms with Crippen LogP contribution in [0.1, 0.15) is 20.8 Å². The number of hydrogen-bond donors (Lipinski definition) is 1. The van der Waals surface area contributed by atoms with Gasteiger partial charge in [0.15, 0.2) is 12.1 Å². The van der Waals surface area contributed by atoms with Gasteiger partial charge >= 0.3 is 5.97 Å². The lowest BCUT2D eigenvalue weighted by molar-refractivity contribution is -0.214. The third-order valence-electron chi connectivity index (χ3n) is 4.87. The van der Waals surface area contributed by atoms with E-state index in [4.69, 9.17) is 23.1 Å². The van der Waals surface area contributed by atoms with Gasteiger partial charge in [-0.1, -0.05) is 15.9 Å². The molecule has 1 amide bonds. The standard InChI is InChI=1S/C19H24BrNO9S/c1-4-26-17(23)15(21-10-22)14-13(28-18-16(14)29-19(2,3)30-18)9-27-31(24,25)12-7-5-11(20)6-8-12/h5-8,10,13-16,18H,4,9H2,1-3H3,(H,21,22). The summed E-state index contributed by atoms with van der Waals surface area (Å²) in [7, 11) is -4.09. The molecule has 12 heteroatoms. The Balaban J connectivity index is 1.82. The highest BCUT2D eigenvalue weighted by molar-refractivity contribution is 9.10. The van der Waals surface area contributed by atoms with Gasteiger partial charge in [-0.3, -0.25) is 8.98 Å². The second-order valence-electron chi connectivity index (χ2n) is 7.43. The van der Waals surface area contributed by atoms with Crippen molar-refractivity contribution >= 4 is 38.4 Å². The number of nitrogens with one attached hydrogen (secondary N) is 1. The van der Waals surface area contributed by atoms with E-state index in [2.05, 4.69) is 21.2 Å². The molecule has 31 heavy (non-hydrogen) atoms. The number of carbonyl (C=O) groups excluding carboxylic acids is 2. The summed E-state index contributed by atoms with van der Waals surface area (Å²) in [5.74, 6) is -2.49. The molecule has 1 N–H and O–H groups in total. The van der Waals surface area contributed by atoms with Crippen LogP contribution in [0.25, 0.3) is 0 Å². The van der Waals surface area contributed by atoms with Gasteiger partial charge in [-0.2, -0.15) is 8.42 Å². The van der Waals surface area contributed by atoms with Gasteiger partial charge in [-0.05, 0) is 45.0 Å². The van der Waals surface area contributed by atoms with Crippen molar-refractivity contribution in [1.29, 1.82) is 0 Å². The Kier molecular flexibility index (Phi) is 7.39. The van der Waals surface area contributed by atoms with Gasteiger partial charge in [0.1, 0.15) is 12.1 Å². The first kappa shape index (κ1) is 24.1. The lowest BCUT2D eigenvalue weighted by atomic mass is 9.90. The van der Waals surface area contributed by atoms with E-state index in [-0.39, 0.29) is 11.5 Å². The van der Waals surface area contributed by atoms with Crippen LogP contribution in [0.15, 0.2) is 33.6 Å². The second-order valence-corrected chi connectivity index (χ2v) is 9.96. The lowest BCUT2D eigenvalue weighted by Crippen LogP contribution is -2.51. The summed E-state index contributed by atoms with van der Waals surface area (Å²) in [5, 5.41) is 2.43. The molecule has 2 heterocycles. The van der Waals surface area contributed by atoms with Crippen molar-refractivity contribution in [2.24, 2.45) is 5.92 Å². The van der Waals surface area contributed by atoms with Gasteiger partial charge in [0.25, 0.3) is 10.1 Å². The maximum Gasteiger partial charge on any atom is 0.329 e. The van der Waals surface area contributed by atoms with Crippen LogP contribution in [0.5, 0.6) is 0 Å². The molecule has 2 fully saturated rings. The van der Waals surface area contributed by atoms with E-state index < -0.39 is 58.9 Å². The highest BCUT2D eigenvalue weighted by Crippen LogP contribution is 2.42. The van der Waals surface area contributed by atoms with Gasteiger partial charge in [0.2, 0.25) is 6.41 Å². The van der Waals surface area contributed by atoms with Crippen LogP contribution in [0, 0.1) is 5.92 Å². The number of hydrogen-bond acceptors (Lipinski definition) is 9. The minimum atomic E-state index is -4.09. The van der Waals surface area contributed by atoms with E-state index in [9.17, 15) is 18.0 Å². The number of fused-ring (bicyclic) bond motifs is 1. The molecule has 0 saturated carbocycles. The summed E-state index contributed by atoms with van der Waals surface area (Å²) < 4.78 is 53.5. The molecule has 2 aliphatic heterocycles. The Labute approximate surface area is 188 Å². The second kappa shape index (κ2) is 9.51. The number of benzene rings is 1. The molecule has 2 aliphatic rings. The molecule has 1 aromatic rings. The first-order chi connectivity index (χ1) is 14.6. The Morgan fingerprint density at radius 2 is 1.97 bits per heavy atom. The molecule has 10 nitrogen and oxygen atoms in total. The molecule has 0 radical (unpaired) electrons. The van der Waals surface area contributed by atoms with Gasteiger partial charge in [0, 0.05) is 4.47 Å². The zero-order chi connectivity index (χ0) is 22.8. The summed E-state index contributed by atoms with van der Waals surface area (Å²) in [4.78, 5) is 23.6. The minimum Gasteiger partial charge on any atom is -0.464 e. The lowest BCUT2D eigenvalue weighted by Gasteiger charge is -2.29. The monoisotopic (exact) mass is 521 g/mol. The molecule has 0 bridgehead atoms. The normalized spacial score (nSPS) is 28.0. The largest absolute Gasteiger partial charge is 0.464 e. The van der Waals surface area contributed by atoms with E-state index in [1.165, 1.54) is 12.1 Å². The minimum absolute atomic E-state index is 0.0352. The highest BCUT2D eigenvalue weighted by atomic mass is 79.9. The van der Waals surface area contributed by atoms with Crippen molar-refractivity contribution in [3.05, 3.63) is 28.7 Å². The number of ether oxygens (including phenoxy) is 4. The van der Waals surface area contributed by atoms with E-state index in [1.54, 1.807) is 32.9 Å². The molecule has 5 unspecified atom stereocenters. The highest BCUT2D eigenvalue weighted by Gasteiger charge is 2.58. The van der Waals surface area contributed by atoms with Gasteiger partial charge in [-0.25, -0.2) is 4.79 Å². The van der Waals surface area contributed by atoms with Crippen LogP contribution in [-0.2, 0) is 42.8 Å². The predicted octanol–water partition coefficient (Wildman–Crippen LogP) is 1.32. The molecular weight excluding hydrogens is 498 g/mol. The Bertz CT molecular complexity index is 905. The number of rotatable bonds is 9. The molecule has 0 aliphatic carbocycles. The van der Waals surface area contributed by atoms with Crippen molar-refractivity contribution in [3.63, 3.8) is 0 Å². The van der Waals surface area contributed by atoms with Crippen LogP contribution < -0.4 is 5.32 Å². The number of amides is 1. The predicted molar refractivity (Wildman–Crippen MR) is 109 cm³/mol. The molecule has 3 rings (SSSR count). The van der Waals surface area contributed by atoms with Crippen molar-refractivity contribution in [2.75, 3.05) is 13.2 Å². The summed E-state index contributed by atoms with van der Waals surface area (Å²) in [6, 6.07) is 4.79. The van der Waals surface area contributed by atoms with Gasteiger partial charge < -0.3 is 24.3 Å². The summed E-state index contributed by atoms with van der Waals surface area (Å²) >= 11 is 3.24. The average Bonchev–Trinajstić information content (AvgIpc) is 3.16. The van der Waals surface area contributed by atoms with E-state index >= 15 is 0 Å². The maximum atomic E-state index is 12.6. The first-order valence-corrected chi connectivity index (χ1v) is 11.8. The van der Waals surface area contributed by atoms with Crippen molar-refractivity contribution in [3.8, 4) is 0 Å². The smallest absolute Gasteiger partial charge is 0.329 e. The van der Waals surface area contributed by atoms with E-state index in [0.717, 1.165) is 0 Å². The molecule has 0 spiro atoms. The van der Waals surface area contributed by atoms with Gasteiger partial charge in [-0.15, -0.1) is 0 Å². The molecule has 2 saturated heterocycles. The Morgan fingerprint density at radius 3 is 2.58 bits per heavy atom. The average molecular weight is 522 g/mol. The van der Waals surface area contributed by atoms with E-state index in [1.807, 2.05) is 0 Å². The summed E-state index contributed by atoms with van der Waals surface area (Å²) in [6.45, 7) is 4.68. The zero-order valence-electron chi connectivity index (χ0n) is 17.1. The van der Waals surface area contributed by atoms with Crippen molar-refractivity contribution in [2.45, 2.75) is 56.0 Å². The maximum absolute atomic E-state index is 12.6. The molecule has 172 valence electrons. The first-order valence-electron chi connectivity index (χ1n) is 9.60. The third-order valence-corrected chi connectivity index (χ3v) is 6.69. The summed E-state index contributed by atoms with van der Waals surface area (Å²) in [5.41, 5.74) is 0. The van der Waals surface area contributed by atoms with Crippen LogP contribution in [0.2, 0.25) is 0 Å². The Hall–Kier alpha value is -1.57. The van der Waals surface area contributed by atoms with Crippen LogP contribution in [-0.4, -0.2) is 64.3 Å². The van der Waals surface area contributed by atoms with Crippen molar-refractivity contribution < 1.29 is 41.1 Å². The number of esters is 1. The molecular formula is C19H24BrNO9S. The van der Waals surface area contributed by atoms with Gasteiger partial charge in [0.05, 0.1) is 30.1 Å². The summed E-state index contributed by atoms with van der Waals surface area (Å²) in [6.07, 6.45) is -2.18. The molecule has 5 atom stereocenters. The SMILES string of the molecule is CCOC(=O)C(NC=O)C1C(COS(=O)(=O)c2ccc(Br)cc2)OC2OC(C)(C)OC21. The fourth-order valence-corrected chi connectivity index (χ4v) is 4.80. The third kappa shape index (κ3) is 5.44. The number of carbonyl (C=O) groups is 2. The topological polar surface area (TPSA) is 126 Å². The van der Waals surface area contributed by atoms with Crippen LogP contribution >= 0.6 is 15.9 Å².